The molecule has 0 saturated heterocycles. The van der Waals surface area contributed by atoms with Crippen LogP contribution in [0.25, 0.3) is 0 Å². The van der Waals surface area contributed by atoms with E-state index in [2.05, 4.69) is 196 Å². The molecule has 0 aliphatic heterocycles. The van der Waals surface area contributed by atoms with Crippen LogP contribution in [0.2, 0.25) is 0 Å². The molecular formula is C88H147NO8P+. The minimum absolute atomic E-state index is 0.0202. The number of esters is 2. The molecule has 0 bridgehead atoms. The molecule has 0 aromatic heterocycles. The number of ether oxygens (including phenoxy) is 2. The van der Waals surface area contributed by atoms with Crippen LogP contribution in [0.5, 0.6) is 0 Å². The maximum Gasteiger partial charge on any atom is 0.472 e. The molecule has 10 heteroatoms. The highest BCUT2D eigenvalue weighted by molar-refractivity contribution is 7.47. The van der Waals surface area contributed by atoms with Gasteiger partial charge in [-0.2, -0.15) is 0 Å². The Hall–Kier alpha value is -4.89. The average Bonchev–Trinajstić information content (AvgIpc) is 1.08. The Labute approximate surface area is 603 Å². The molecule has 2 atom stereocenters. The molecule has 1 N–H and O–H groups in total. The number of rotatable bonds is 71. The highest BCUT2D eigenvalue weighted by Crippen LogP contribution is 2.43. The van der Waals surface area contributed by atoms with E-state index in [4.69, 9.17) is 18.5 Å². The predicted octanol–water partition coefficient (Wildman–Crippen LogP) is 26.6. The Morgan fingerprint density at radius 1 is 0.316 bits per heavy atom. The maximum atomic E-state index is 12.9. The van der Waals surface area contributed by atoms with Gasteiger partial charge in [-0.15, -0.1) is 0 Å². The summed E-state index contributed by atoms with van der Waals surface area (Å²) in [7, 11) is 1.45. The largest absolute Gasteiger partial charge is 0.472 e. The number of hydrogen-bond donors (Lipinski definition) is 1. The van der Waals surface area contributed by atoms with Gasteiger partial charge < -0.3 is 18.9 Å². The van der Waals surface area contributed by atoms with E-state index in [0.29, 0.717) is 17.4 Å². The van der Waals surface area contributed by atoms with Gasteiger partial charge in [0.05, 0.1) is 27.7 Å². The molecule has 0 saturated carbocycles. The SMILES string of the molecule is CC/C=C\C/C=C\C/C=C\C/C=C\C/C=C\C/C=C\C/C=C\C/C=C\C/C=C\CCCCCCCC(=O)OC(COC(=O)CCCCCCCCCCCCCCCCCCCCCCCC/C=C\C/C=C\C/C=C\C/C=C\C/C=C\C/C=C\CC)COP(=O)(O)OCC[N+](C)(C)C. The molecule has 0 rings (SSSR count). The third-order valence-electron chi connectivity index (χ3n) is 16.4. The normalized spacial score (nSPS) is 14.1. The first-order valence-electron chi connectivity index (χ1n) is 39.5. The lowest BCUT2D eigenvalue weighted by Gasteiger charge is -2.24. The number of carbonyl (C=O) groups excluding carboxylic acids is 2. The molecule has 2 unspecified atom stereocenters. The fourth-order valence-corrected chi connectivity index (χ4v) is 11.2. The van der Waals surface area contributed by atoms with Crippen LogP contribution in [0.15, 0.2) is 182 Å². The molecule has 98 heavy (non-hydrogen) atoms. The topological polar surface area (TPSA) is 108 Å². The summed E-state index contributed by atoms with van der Waals surface area (Å²) in [6.07, 6.45) is 117. The van der Waals surface area contributed by atoms with Crippen LogP contribution in [0.3, 0.4) is 0 Å². The van der Waals surface area contributed by atoms with E-state index in [0.717, 1.165) is 148 Å². The minimum Gasteiger partial charge on any atom is -0.462 e. The monoisotopic (exact) mass is 1380 g/mol. The standard InChI is InChI=1S/C88H146NO8P/c1-6-8-10-12-14-16-18-20-22-24-26-28-30-32-34-36-38-40-41-42-43-44-45-46-47-49-50-52-54-56-58-60-62-64-66-68-70-72-74-76-78-80-87(90)94-84-86(85-96-98(92,93)95-83-82-89(3,4)5)97-88(91)81-79-77-75-73-71-69-67-65-63-61-59-57-55-53-51-48-39-37-35-33-31-29-27-25-23-21-19-17-15-13-11-9-7-2/h8-11,14-17,20-23,26-29,32-35,38-40,48,53,55,59,61,65,67,86H,6-7,12-13,18-19,24-25,30-31,36-37,41-47,49-52,54,56-58,60,62-64,66,68-85H2,1-5H3/p+1/b10-8-,11-9-,16-14-,17-15-,22-20-,23-21-,28-26-,29-27-,34-32-,35-33-,40-38-,48-39-,55-53-,61-59-,67-65-. The first-order valence-corrected chi connectivity index (χ1v) is 41.0. The lowest BCUT2D eigenvalue weighted by Crippen LogP contribution is -2.37. The van der Waals surface area contributed by atoms with Gasteiger partial charge in [0.2, 0.25) is 0 Å². The summed E-state index contributed by atoms with van der Waals surface area (Å²) in [6, 6.07) is 0. The van der Waals surface area contributed by atoms with Crippen LogP contribution < -0.4 is 0 Å². The zero-order valence-corrected chi connectivity index (χ0v) is 64.3. The Bertz CT molecular complexity index is 2320. The second-order valence-electron chi connectivity index (χ2n) is 27.0. The Morgan fingerprint density at radius 3 is 0.816 bits per heavy atom. The third-order valence-corrected chi connectivity index (χ3v) is 17.4. The van der Waals surface area contributed by atoms with E-state index >= 15 is 0 Å². The summed E-state index contributed by atoms with van der Waals surface area (Å²) in [5.74, 6) is -0.821. The second kappa shape index (κ2) is 76.3. The van der Waals surface area contributed by atoms with Crippen molar-refractivity contribution in [2.24, 2.45) is 0 Å². The summed E-state index contributed by atoms with van der Waals surface area (Å²) in [4.78, 5) is 36.0. The summed E-state index contributed by atoms with van der Waals surface area (Å²) in [5, 5.41) is 0. The Morgan fingerprint density at radius 2 is 0.551 bits per heavy atom. The van der Waals surface area contributed by atoms with Gasteiger partial charge in [0.25, 0.3) is 0 Å². The van der Waals surface area contributed by atoms with Gasteiger partial charge in [-0.25, -0.2) is 4.57 Å². The van der Waals surface area contributed by atoms with Crippen molar-refractivity contribution in [1.82, 2.24) is 0 Å². The summed E-state index contributed by atoms with van der Waals surface area (Å²) >= 11 is 0. The lowest BCUT2D eigenvalue weighted by molar-refractivity contribution is -0.870. The molecule has 0 aliphatic carbocycles. The number of allylic oxidation sites excluding steroid dienone is 30. The number of quaternary nitrogens is 1. The van der Waals surface area contributed by atoms with Gasteiger partial charge in [-0.3, -0.25) is 18.6 Å². The summed E-state index contributed by atoms with van der Waals surface area (Å²) in [5.41, 5.74) is 0. The smallest absolute Gasteiger partial charge is 0.462 e. The molecule has 0 aromatic rings. The van der Waals surface area contributed by atoms with Crippen LogP contribution in [-0.2, 0) is 32.7 Å². The molecule has 0 radical (unpaired) electrons. The van der Waals surface area contributed by atoms with E-state index in [1.807, 2.05) is 21.1 Å². The second-order valence-corrected chi connectivity index (χ2v) is 28.4. The molecule has 0 aliphatic rings. The molecule has 0 aromatic carbocycles. The van der Waals surface area contributed by atoms with E-state index in [-0.39, 0.29) is 32.0 Å². The van der Waals surface area contributed by atoms with Crippen molar-refractivity contribution in [3.63, 3.8) is 0 Å². The number of phosphoric ester groups is 1. The first kappa shape index (κ1) is 93.1. The molecule has 556 valence electrons. The fraction of sp³-hybridized carbons (Fsp3) is 0.636. The summed E-state index contributed by atoms with van der Waals surface area (Å²) in [6.45, 7) is 4.19. The zero-order valence-electron chi connectivity index (χ0n) is 63.5. The molecular weight excluding hydrogens is 1230 g/mol. The van der Waals surface area contributed by atoms with E-state index < -0.39 is 26.5 Å². The van der Waals surface area contributed by atoms with Crippen LogP contribution in [-0.4, -0.2) is 74.9 Å². The zero-order chi connectivity index (χ0) is 71.1. The maximum absolute atomic E-state index is 12.9. The van der Waals surface area contributed by atoms with E-state index in [1.54, 1.807) is 0 Å². The quantitative estimate of drug-likeness (QED) is 0.0211. The van der Waals surface area contributed by atoms with E-state index in [9.17, 15) is 19.0 Å². The van der Waals surface area contributed by atoms with Gasteiger partial charge in [-0.05, 0) is 135 Å². The lowest BCUT2D eigenvalue weighted by atomic mass is 10.0. The van der Waals surface area contributed by atoms with Crippen molar-refractivity contribution in [3.05, 3.63) is 182 Å². The number of carbonyl (C=O) groups is 2. The molecule has 0 spiro atoms. The summed E-state index contributed by atoms with van der Waals surface area (Å²) < 4.78 is 34.8. The van der Waals surface area contributed by atoms with Gasteiger partial charge in [0.1, 0.15) is 19.8 Å². The van der Waals surface area contributed by atoms with Crippen LogP contribution in [0.1, 0.15) is 309 Å². The molecule has 9 nitrogen and oxygen atoms in total. The van der Waals surface area contributed by atoms with Crippen LogP contribution in [0, 0.1) is 0 Å². The number of nitrogens with zero attached hydrogens (tertiary/aromatic N) is 1. The van der Waals surface area contributed by atoms with E-state index in [1.165, 1.54) is 128 Å². The van der Waals surface area contributed by atoms with Gasteiger partial charge in [0.15, 0.2) is 6.10 Å². The first-order chi connectivity index (χ1) is 48.0. The number of unbranched alkanes of at least 4 members (excludes halogenated alkanes) is 27. The van der Waals surface area contributed by atoms with Gasteiger partial charge in [0, 0.05) is 12.8 Å². The number of likely N-dealkylation sites (N-methyl/N-ethyl adjacent to an activating group) is 1. The Kier molecular flexibility index (Phi) is 72.5. The minimum atomic E-state index is -4.41. The van der Waals surface area contributed by atoms with Crippen molar-refractivity contribution < 1.29 is 42.1 Å². The third kappa shape index (κ3) is 80.1. The van der Waals surface area contributed by atoms with Crippen molar-refractivity contribution >= 4 is 19.8 Å². The van der Waals surface area contributed by atoms with Crippen LogP contribution >= 0.6 is 7.82 Å². The van der Waals surface area contributed by atoms with Crippen molar-refractivity contribution in [2.45, 2.75) is 315 Å². The molecule has 0 amide bonds. The highest BCUT2D eigenvalue weighted by atomic mass is 31.2. The number of phosphoric acid groups is 1. The Balaban J connectivity index is 4.03. The van der Waals surface area contributed by atoms with Gasteiger partial charge in [-0.1, -0.05) is 344 Å². The number of hydrogen-bond acceptors (Lipinski definition) is 7. The predicted molar refractivity (Wildman–Crippen MR) is 426 cm³/mol. The van der Waals surface area contributed by atoms with Crippen molar-refractivity contribution in [3.8, 4) is 0 Å². The van der Waals surface area contributed by atoms with Crippen LogP contribution in [0.4, 0.5) is 0 Å². The van der Waals surface area contributed by atoms with Gasteiger partial charge >= 0.3 is 19.8 Å². The average molecular weight is 1380 g/mol. The fourth-order valence-electron chi connectivity index (χ4n) is 10.5. The van der Waals surface area contributed by atoms with Crippen molar-refractivity contribution in [1.29, 1.82) is 0 Å². The molecule has 0 fully saturated rings. The highest BCUT2D eigenvalue weighted by Gasteiger charge is 2.27. The molecule has 0 heterocycles. The van der Waals surface area contributed by atoms with Crippen molar-refractivity contribution in [2.75, 3.05) is 47.5 Å².